The number of carbonyl (C=O) groups is 2. The van der Waals surface area contributed by atoms with Gasteiger partial charge in [0.15, 0.2) is 11.5 Å². The third-order valence-corrected chi connectivity index (χ3v) is 9.52. The molecule has 0 spiro atoms. The summed E-state index contributed by atoms with van der Waals surface area (Å²) in [6, 6.07) is 30.7. The van der Waals surface area contributed by atoms with Gasteiger partial charge in [0.25, 0.3) is 11.8 Å². The molecule has 0 aliphatic heterocycles. The van der Waals surface area contributed by atoms with Crippen molar-refractivity contribution >= 4 is 79.3 Å². The molecule has 0 atom stereocenters. The van der Waals surface area contributed by atoms with Gasteiger partial charge in [-0.1, -0.05) is 100 Å². The number of aromatic nitrogens is 2. The number of halogens is 2. The number of hydrogen-bond donors (Lipinski definition) is 2. The Balaban J connectivity index is 1.38. The third-order valence-electron chi connectivity index (χ3n) is 7.01. The number of rotatable bonds is 9. The second-order valence-corrected chi connectivity index (χ2v) is 13.1. The Morgan fingerprint density at radius 2 is 1.06 bits per heavy atom. The number of furan rings is 2. The molecule has 12 heteroatoms. The van der Waals surface area contributed by atoms with Crippen LogP contribution in [0.2, 0.25) is 10.0 Å². The first kappa shape index (κ1) is 31.3. The van der Waals surface area contributed by atoms with Crippen LogP contribution in [-0.4, -0.2) is 21.8 Å². The molecule has 4 aromatic heterocycles. The predicted octanol–water partition coefficient (Wildman–Crippen LogP) is 10.5. The topological polar surface area (TPSA) is 110 Å². The average Bonchev–Trinajstić information content (AvgIpc) is 3.93. The first-order valence-electron chi connectivity index (χ1n) is 14.4. The van der Waals surface area contributed by atoms with E-state index in [1.165, 1.54) is 35.2 Å². The van der Waals surface area contributed by atoms with Gasteiger partial charge in [-0.05, 0) is 60.2 Å². The predicted molar refractivity (Wildman–Crippen MR) is 192 cm³/mol. The molecule has 0 radical (unpaired) electrons. The van der Waals surface area contributed by atoms with Crippen molar-refractivity contribution in [2.75, 3.05) is 10.6 Å². The van der Waals surface area contributed by atoms with E-state index in [9.17, 15) is 9.59 Å². The molecule has 236 valence electrons. The summed E-state index contributed by atoms with van der Waals surface area (Å²) in [6.07, 6.45) is 4.86. The van der Waals surface area contributed by atoms with Gasteiger partial charge in [-0.2, -0.15) is 0 Å². The Labute approximate surface area is 292 Å². The van der Waals surface area contributed by atoms with E-state index in [2.05, 4.69) is 10.6 Å². The van der Waals surface area contributed by atoms with E-state index in [1.807, 2.05) is 60.7 Å². The molecule has 2 N–H and O–H groups in total. The highest BCUT2D eigenvalue weighted by molar-refractivity contribution is 7.20. The first-order valence-corrected chi connectivity index (χ1v) is 16.8. The van der Waals surface area contributed by atoms with Gasteiger partial charge >= 0.3 is 0 Å². The molecule has 8 nitrogen and oxygen atoms in total. The highest BCUT2D eigenvalue weighted by Crippen LogP contribution is 2.43. The number of amides is 2. The van der Waals surface area contributed by atoms with Crippen molar-refractivity contribution in [1.29, 1.82) is 0 Å². The summed E-state index contributed by atoms with van der Waals surface area (Å²) in [5, 5.41) is 9.27. The molecule has 0 unspecified atom stereocenters. The summed E-state index contributed by atoms with van der Waals surface area (Å²) in [5.41, 5.74) is 4.18. The van der Waals surface area contributed by atoms with Crippen LogP contribution in [0, 0.1) is 0 Å². The van der Waals surface area contributed by atoms with Gasteiger partial charge in [-0.15, -0.1) is 0 Å². The van der Waals surface area contributed by atoms with E-state index in [-0.39, 0.29) is 11.5 Å². The van der Waals surface area contributed by atoms with E-state index >= 15 is 0 Å². The van der Waals surface area contributed by atoms with E-state index in [1.54, 1.807) is 48.5 Å². The quantitative estimate of drug-likeness (QED) is 0.154. The smallest absolute Gasteiger partial charge is 0.292 e. The lowest BCUT2D eigenvalue weighted by atomic mass is 10.1. The fraction of sp³-hybridized carbons (Fsp3) is 0. The average molecular weight is 710 g/mol. The Bertz CT molecular complexity index is 2090. The molecule has 3 aromatic carbocycles. The van der Waals surface area contributed by atoms with Crippen LogP contribution in [0.1, 0.15) is 36.7 Å². The molecule has 7 rings (SSSR count). The molecule has 48 heavy (non-hydrogen) atoms. The first-order chi connectivity index (χ1) is 23.4. The Hall–Kier alpha value is -5.26. The van der Waals surface area contributed by atoms with E-state index < -0.39 is 11.8 Å². The van der Waals surface area contributed by atoms with Crippen molar-refractivity contribution in [3.05, 3.63) is 153 Å². The number of nitrogens with one attached hydrogen (secondary N) is 2. The summed E-state index contributed by atoms with van der Waals surface area (Å²) in [4.78, 5) is 36.4. The van der Waals surface area contributed by atoms with Crippen molar-refractivity contribution in [2.24, 2.45) is 0 Å². The molecule has 0 aliphatic carbocycles. The maximum absolute atomic E-state index is 13.2. The largest absolute Gasteiger partial charge is 0.459 e. The standard InChI is InChI=1S/C36H22Cl2N4O4S2/c37-24-14-10-22(11-15-24)29-35(41-31(43)27-8-4-18-45-27)47-33(39-29)26(20-21-6-2-1-3-7-21)34-40-30(23-12-16-25(38)17-13-23)36(48-34)42-32(44)28-9-5-19-46-28/h1-20H,(H,41,43)(H,42,44). The number of carbonyl (C=O) groups excluding carboxylic acids is 2. The molecule has 7 aromatic rings. The van der Waals surface area contributed by atoms with Gasteiger partial charge in [0.2, 0.25) is 0 Å². The van der Waals surface area contributed by atoms with Gasteiger partial charge < -0.3 is 19.5 Å². The molecular formula is C36H22Cl2N4O4S2. The van der Waals surface area contributed by atoms with Gasteiger partial charge in [0.1, 0.15) is 31.4 Å². The normalized spacial score (nSPS) is 10.9. The monoisotopic (exact) mass is 708 g/mol. The summed E-state index contributed by atoms with van der Waals surface area (Å²) in [6.45, 7) is 0. The summed E-state index contributed by atoms with van der Waals surface area (Å²) >= 11 is 15.0. The van der Waals surface area contributed by atoms with E-state index in [0.29, 0.717) is 47.0 Å². The number of hydrogen-bond acceptors (Lipinski definition) is 8. The maximum Gasteiger partial charge on any atom is 0.292 e. The highest BCUT2D eigenvalue weighted by atomic mass is 35.5. The SMILES string of the molecule is O=C(Nc1sc(C(=Cc2ccccc2)c2nc(-c3ccc(Cl)cc3)c(NC(=O)c3ccco3)s2)nc1-c1ccc(Cl)cc1)c1ccco1. The second-order valence-electron chi connectivity index (χ2n) is 10.2. The summed E-state index contributed by atoms with van der Waals surface area (Å²) in [7, 11) is 0. The molecule has 0 fully saturated rings. The van der Waals surface area contributed by atoms with Crippen molar-refractivity contribution in [3.8, 4) is 22.5 Å². The van der Waals surface area contributed by atoms with Crippen molar-refractivity contribution < 1.29 is 18.4 Å². The van der Waals surface area contributed by atoms with Crippen LogP contribution >= 0.6 is 45.9 Å². The molecule has 0 aliphatic rings. The zero-order chi connectivity index (χ0) is 33.0. The second kappa shape index (κ2) is 13.8. The summed E-state index contributed by atoms with van der Waals surface area (Å²) < 4.78 is 10.7. The number of nitrogens with zero attached hydrogens (tertiary/aromatic N) is 2. The van der Waals surface area contributed by atoms with Gasteiger partial charge in [0, 0.05) is 26.7 Å². The van der Waals surface area contributed by atoms with Crippen LogP contribution in [0.5, 0.6) is 0 Å². The zero-order valence-corrected chi connectivity index (χ0v) is 27.8. The zero-order valence-electron chi connectivity index (χ0n) is 24.6. The molecule has 0 bridgehead atoms. The van der Waals surface area contributed by atoms with Gasteiger partial charge in [0.05, 0.1) is 12.5 Å². The lowest BCUT2D eigenvalue weighted by molar-refractivity contribution is 0.0990. The lowest BCUT2D eigenvalue weighted by Crippen LogP contribution is -2.10. The van der Waals surface area contributed by atoms with Crippen molar-refractivity contribution in [3.63, 3.8) is 0 Å². The third kappa shape index (κ3) is 6.87. The van der Waals surface area contributed by atoms with Crippen LogP contribution < -0.4 is 10.6 Å². The van der Waals surface area contributed by atoms with Crippen LogP contribution in [0.3, 0.4) is 0 Å². The molecule has 2 amide bonds. The fourth-order valence-corrected chi connectivity index (χ4v) is 7.04. The highest BCUT2D eigenvalue weighted by Gasteiger charge is 2.25. The van der Waals surface area contributed by atoms with E-state index in [4.69, 9.17) is 42.0 Å². The molecule has 0 saturated heterocycles. The maximum atomic E-state index is 13.2. The number of benzene rings is 3. The lowest BCUT2D eigenvalue weighted by Gasteiger charge is -2.04. The molecule has 4 heterocycles. The van der Waals surface area contributed by atoms with Crippen LogP contribution in [0.25, 0.3) is 34.2 Å². The molecular weight excluding hydrogens is 687 g/mol. The minimum atomic E-state index is -0.416. The minimum absolute atomic E-state index is 0.163. The fourth-order valence-electron chi connectivity index (χ4n) is 4.72. The molecule has 0 saturated carbocycles. The Kier molecular flexibility index (Phi) is 9.04. The van der Waals surface area contributed by atoms with E-state index in [0.717, 1.165) is 16.7 Å². The van der Waals surface area contributed by atoms with Crippen LogP contribution in [0.4, 0.5) is 10.0 Å². The van der Waals surface area contributed by atoms with Crippen molar-refractivity contribution in [1.82, 2.24) is 9.97 Å². The number of thiazole rings is 2. The van der Waals surface area contributed by atoms with Crippen molar-refractivity contribution in [2.45, 2.75) is 0 Å². The Morgan fingerprint density at radius 3 is 1.48 bits per heavy atom. The summed E-state index contributed by atoms with van der Waals surface area (Å²) in [5.74, 6) is -0.504. The van der Waals surface area contributed by atoms with Gasteiger partial charge in [-0.3, -0.25) is 9.59 Å². The Morgan fingerprint density at radius 1 is 0.604 bits per heavy atom. The minimum Gasteiger partial charge on any atom is -0.459 e. The van der Waals surface area contributed by atoms with Crippen LogP contribution in [-0.2, 0) is 0 Å². The van der Waals surface area contributed by atoms with Gasteiger partial charge in [-0.25, -0.2) is 9.97 Å². The number of anilines is 2. The van der Waals surface area contributed by atoms with Crippen LogP contribution in [0.15, 0.2) is 124 Å².